The van der Waals surface area contributed by atoms with Crippen molar-refractivity contribution in [1.29, 1.82) is 0 Å². The first-order chi connectivity index (χ1) is 31.0. The van der Waals surface area contributed by atoms with Crippen LogP contribution >= 0.6 is 0 Å². The van der Waals surface area contributed by atoms with Crippen molar-refractivity contribution in [1.82, 2.24) is 5.32 Å². The van der Waals surface area contributed by atoms with Crippen LogP contribution in [0.1, 0.15) is 251 Å². The Hall–Kier alpha value is -1.16. The van der Waals surface area contributed by atoms with E-state index in [1.165, 1.54) is 154 Å². The smallest absolute Gasteiger partial charge is 0.394 e. The maximum Gasteiger partial charge on any atom is 0.397 e. The first-order valence-electron chi connectivity index (χ1n) is 26.6. The van der Waals surface area contributed by atoms with E-state index in [4.69, 9.17) is 9.47 Å². The fourth-order valence-electron chi connectivity index (χ4n) is 8.69. The van der Waals surface area contributed by atoms with Crippen LogP contribution in [0.2, 0.25) is 0 Å². The minimum Gasteiger partial charge on any atom is -0.394 e. The van der Waals surface area contributed by atoms with Crippen LogP contribution < -0.4 is 5.32 Å². The quantitative estimate of drug-likeness (QED) is 0.0193. The molecular weight excluding hydrogens is 835 g/mol. The van der Waals surface area contributed by atoms with Crippen LogP contribution in [-0.2, 0) is 28.9 Å². The van der Waals surface area contributed by atoms with Gasteiger partial charge in [0, 0.05) is 6.42 Å². The highest BCUT2D eigenvalue weighted by molar-refractivity contribution is 7.80. The molecule has 7 unspecified atom stereocenters. The normalized spacial score (nSPS) is 20.3. The molecule has 1 rings (SSSR count). The Bertz CT molecular complexity index is 1190. The van der Waals surface area contributed by atoms with Crippen molar-refractivity contribution in [2.24, 2.45) is 0 Å². The van der Waals surface area contributed by atoms with Crippen molar-refractivity contribution in [3.8, 4) is 0 Å². The molecule has 64 heavy (non-hydrogen) atoms. The molecule has 0 aromatic rings. The van der Waals surface area contributed by atoms with E-state index in [1.54, 1.807) is 0 Å². The lowest BCUT2D eigenvalue weighted by molar-refractivity contribution is -0.298. The lowest BCUT2D eigenvalue weighted by atomic mass is 9.99. The molecule has 0 aliphatic carbocycles. The van der Waals surface area contributed by atoms with E-state index < -0.39 is 59.9 Å². The molecule has 0 saturated carbocycles. The number of amides is 1. The van der Waals surface area contributed by atoms with Crippen molar-refractivity contribution in [3.63, 3.8) is 0 Å². The first kappa shape index (κ1) is 60.9. The third-order valence-electron chi connectivity index (χ3n) is 12.8. The van der Waals surface area contributed by atoms with Gasteiger partial charge in [0.2, 0.25) is 5.91 Å². The van der Waals surface area contributed by atoms with Gasteiger partial charge >= 0.3 is 10.4 Å². The largest absolute Gasteiger partial charge is 0.397 e. The zero-order valence-corrected chi connectivity index (χ0v) is 41.7. The van der Waals surface area contributed by atoms with Gasteiger partial charge in [0.25, 0.3) is 0 Å². The van der Waals surface area contributed by atoms with E-state index in [0.29, 0.717) is 12.8 Å². The molecule has 1 saturated heterocycles. The van der Waals surface area contributed by atoms with Gasteiger partial charge in [0.05, 0.1) is 25.4 Å². The summed E-state index contributed by atoms with van der Waals surface area (Å²) in [6, 6.07) is -0.860. The highest BCUT2D eigenvalue weighted by atomic mass is 32.3. The predicted octanol–water partition coefficient (Wildman–Crippen LogP) is 11.5. The van der Waals surface area contributed by atoms with Gasteiger partial charge in [-0.3, -0.25) is 9.35 Å². The van der Waals surface area contributed by atoms with Crippen LogP contribution in [0.25, 0.3) is 0 Å². The Labute approximate surface area is 391 Å². The number of aliphatic hydroxyl groups excluding tert-OH is 4. The number of aliphatic hydroxyl groups is 4. The number of rotatable bonds is 46. The van der Waals surface area contributed by atoms with Gasteiger partial charge in [0.15, 0.2) is 6.29 Å². The molecule has 0 spiro atoms. The van der Waals surface area contributed by atoms with E-state index in [2.05, 4.69) is 35.5 Å². The minimum atomic E-state index is -5.08. The van der Waals surface area contributed by atoms with Crippen LogP contribution in [0.5, 0.6) is 0 Å². The third-order valence-corrected chi connectivity index (χ3v) is 13.3. The summed E-state index contributed by atoms with van der Waals surface area (Å²) in [6.45, 7) is 3.47. The number of carbonyl (C=O) groups excluding carboxylic acids is 1. The molecule has 1 amide bonds. The lowest BCUT2D eigenvalue weighted by Crippen LogP contribution is -2.61. The molecule has 1 aliphatic rings. The number of hydrogen-bond acceptors (Lipinski definition) is 10. The number of hydrogen-bond donors (Lipinski definition) is 6. The van der Waals surface area contributed by atoms with E-state index in [-0.39, 0.29) is 18.9 Å². The SMILES string of the molecule is CCCCCCCCC/C=C\CCCCCCCC(=O)NC(COC1OC(CO)C(O)C(OS(=O)(=O)O)C1O)C(O)CCCCCCCCCCCCCCCCCCCCCCC. The van der Waals surface area contributed by atoms with Crippen LogP contribution in [0, 0.1) is 0 Å². The van der Waals surface area contributed by atoms with Crippen LogP contribution in [0.15, 0.2) is 12.2 Å². The molecular formula is C51H99NO11S. The zero-order chi connectivity index (χ0) is 46.9. The maximum absolute atomic E-state index is 13.1. The third kappa shape index (κ3) is 34.2. The zero-order valence-electron chi connectivity index (χ0n) is 40.9. The second kappa shape index (κ2) is 42.0. The highest BCUT2D eigenvalue weighted by Gasteiger charge is 2.48. The molecule has 0 bridgehead atoms. The molecule has 1 aliphatic heterocycles. The van der Waals surface area contributed by atoms with Crippen molar-refractivity contribution < 1.29 is 51.8 Å². The molecule has 6 N–H and O–H groups in total. The number of ether oxygens (including phenoxy) is 2. The summed E-state index contributed by atoms with van der Waals surface area (Å²) in [5, 5.41) is 45.0. The second-order valence-corrected chi connectivity index (χ2v) is 19.9. The van der Waals surface area contributed by atoms with Gasteiger partial charge in [-0.05, 0) is 38.5 Å². The number of allylic oxidation sites excluding steroid dienone is 2. The second-order valence-electron chi connectivity index (χ2n) is 18.8. The number of unbranched alkanes of at least 4 members (excludes halogenated alkanes) is 32. The molecule has 0 aromatic carbocycles. The lowest BCUT2D eigenvalue weighted by Gasteiger charge is -2.41. The van der Waals surface area contributed by atoms with Gasteiger partial charge in [-0.2, -0.15) is 8.42 Å². The Balaban J connectivity index is 2.41. The molecule has 1 fully saturated rings. The van der Waals surface area contributed by atoms with Crippen molar-refractivity contribution in [3.05, 3.63) is 12.2 Å². The Morgan fingerprint density at radius 3 is 1.41 bits per heavy atom. The fraction of sp³-hybridized carbons (Fsp3) is 0.941. The van der Waals surface area contributed by atoms with E-state index >= 15 is 0 Å². The van der Waals surface area contributed by atoms with Crippen molar-refractivity contribution in [2.75, 3.05) is 13.2 Å². The van der Waals surface area contributed by atoms with Gasteiger partial charge in [0.1, 0.15) is 24.4 Å². The topological polar surface area (TPSA) is 192 Å². The molecule has 0 aromatic heterocycles. The molecule has 0 radical (unpaired) electrons. The van der Waals surface area contributed by atoms with Crippen molar-refractivity contribution >= 4 is 16.3 Å². The fourth-order valence-corrected chi connectivity index (χ4v) is 9.20. The van der Waals surface area contributed by atoms with Gasteiger partial charge < -0.3 is 35.2 Å². The van der Waals surface area contributed by atoms with Crippen LogP contribution in [0.4, 0.5) is 0 Å². The summed E-state index contributed by atoms with van der Waals surface area (Å²) < 4.78 is 47.8. The van der Waals surface area contributed by atoms with Crippen LogP contribution in [0.3, 0.4) is 0 Å². The summed E-state index contributed by atoms with van der Waals surface area (Å²) in [6.07, 6.45) is 39.2. The van der Waals surface area contributed by atoms with Gasteiger partial charge in [-0.25, -0.2) is 4.18 Å². The summed E-state index contributed by atoms with van der Waals surface area (Å²) in [5.41, 5.74) is 0. The van der Waals surface area contributed by atoms with Crippen LogP contribution in [-0.4, -0.2) is 95.4 Å². The van der Waals surface area contributed by atoms with Gasteiger partial charge in [-0.1, -0.05) is 219 Å². The standard InChI is InChI=1S/C51H99NO11S/c1-3-5-7-9-11-13-15-17-19-21-22-23-24-25-26-28-30-32-34-36-38-40-45(54)44(43-61-51-49(57)50(63-64(58,59)60)48(56)46(42-53)62-51)52-47(55)41-39-37-35-33-31-29-27-20-18-16-14-12-10-8-6-4-2/h20,27,44-46,48-51,53-54,56-57H,3-19,21-26,28-43H2,1-2H3,(H,52,55)(H,58,59,60)/b27-20-. The summed E-state index contributed by atoms with van der Waals surface area (Å²) >= 11 is 0. The Kier molecular flexibility index (Phi) is 39.9. The van der Waals surface area contributed by atoms with Gasteiger partial charge in [-0.15, -0.1) is 0 Å². The average Bonchev–Trinajstić information content (AvgIpc) is 3.27. The molecule has 12 nitrogen and oxygen atoms in total. The minimum absolute atomic E-state index is 0.235. The summed E-state index contributed by atoms with van der Waals surface area (Å²) in [4.78, 5) is 13.1. The first-order valence-corrected chi connectivity index (χ1v) is 27.9. The summed E-state index contributed by atoms with van der Waals surface area (Å²) in [7, 11) is -5.08. The molecule has 13 heteroatoms. The Morgan fingerprint density at radius 2 is 1.00 bits per heavy atom. The highest BCUT2D eigenvalue weighted by Crippen LogP contribution is 2.26. The number of carbonyl (C=O) groups is 1. The van der Waals surface area contributed by atoms with E-state index in [1.807, 2.05) is 0 Å². The van der Waals surface area contributed by atoms with E-state index in [9.17, 15) is 38.2 Å². The monoisotopic (exact) mass is 934 g/mol. The maximum atomic E-state index is 13.1. The van der Waals surface area contributed by atoms with E-state index in [0.717, 1.165) is 64.2 Å². The number of nitrogens with one attached hydrogen (secondary N) is 1. The molecule has 1 heterocycles. The average molecular weight is 934 g/mol. The molecule has 380 valence electrons. The Morgan fingerprint density at radius 1 is 0.609 bits per heavy atom. The van der Waals surface area contributed by atoms with Crippen molar-refractivity contribution in [2.45, 2.75) is 294 Å². The predicted molar refractivity (Wildman–Crippen MR) is 259 cm³/mol. The molecule has 7 atom stereocenters. The summed E-state index contributed by atoms with van der Waals surface area (Å²) in [5.74, 6) is -0.235.